The molecular formula is C16H24ClN3O2. The number of anilines is 1. The first kappa shape index (κ1) is 18.5. The molecule has 2 amide bonds. The standard InChI is InChI=1S/C16H23N3O2.ClH/c1-19(2)16(21)10-12-3-5-14(6-4-12)18-15(20)9-13-7-8-17-11-13;/h3-6,13,17H,7-11H2,1-2H3,(H,18,20);1H. The Morgan fingerprint density at radius 2 is 1.95 bits per heavy atom. The summed E-state index contributed by atoms with van der Waals surface area (Å²) in [6, 6.07) is 7.47. The van der Waals surface area contributed by atoms with Crippen molar-refractivity contribution in [1.82, 2.24) is 10.2 Å². The lowest BCUT2D eigenvalue weighted by Gasteiger charge is -2.11. The molecule has 2 N–H and O–H groups in total. The van der Waals surface area contributed by atoms with Gasteiger partial charge in [0.1, 0.15) is 0 Å². The average molecular weight is 326 g/mol. The van der Waals surface area contributed by atoms with E-state index in [0.717, 1.165) is 30.8 Å². The molecule has 0 bridgehead atoms. The van der Waals surface area contributed by atoms with E-state index in [1.54, 1.807) is 19.0 Å². The summed E-state index contributed by atoms with van der Waals surface area (Å²) >= 11 is 0. The van der Waals surface area contributed by atoms with E-state index in [1.807, 2.05) is 24.3 Å². The summed E-state index contributed by atoms with van der Waals surface area (Å²) in [7, 11) is 3.49. The zero-order valence-electron chi connectivity index (χ0n) is 13.1. The molecule has 1 unspecified atom stereocenters. The third-order valence-electron chi connectivity index (χ3n) is 3.73. The Kier molecular flexibility index (Phi) is 7.35. The third-order valence-corrected chi connectivity index (χ3v) is 3.73. The quantitative estimate of drug-likeness (QED) is 0.866. The minimum absolute atomic E-state index is 0. The van der Waals surface area contributed by atoms with Crippen molar-refractivity contribution >= 4 is 29.9 Å². The van der Waals surface area contributed by atoms with E-state index in [1.165, 1.54) is 0 Å². The summed E-state index contributed by atoms with van der Waals surface area (Å²) in [5.41, 5.74) is 1.73. The monoisotopic (exact) mass is 325 g/mol. The Hall–Kier alpha value is -1.59. The first-order valence-corrected chi connectivity index (χ1v) is 7.34. The van der Waals surface area contributed by atoms with Gasteiger partial charge in [-0.1, -0.05) is 12.1 Å². The van der Waals surface area contributed by atoms with Gasteiger partial charge in [-0.2, -0.15) is 0 Å². The smallest absolute Gasteiger partial charge is 0.226 e. The van der Waals surface area contributed by atoms with Gasteiger partial charge >= 0.3 is 0 Å². The molecular weight excluding hydrogens is 302 g/mol. The molecule has 1 atom stereocenters. The predicted molar refractivity (Wildman–Crippen MR) is 90.3 cm³/mol. The van der Waals surface area contributed by atoms with Gasteiger partial charge in [-0.05, 0) is 43.1 Å². The second kappa shape index (κ2) is 8.76. The number of likely N-dealkylation sites (N-methyl/N-ethyl adjacent to an activating group) is 1. The van der Waals surface area contributed by atoms with Crippen LogP contribution in [0.15, 0.2) is 24.3 Å². The van der Waals surface area contributed by atoms with E-state index in [0.29, 0.717) is 18.8 Å². The van der Waals surface area contributed by atoms with Crippen LogP contribution in [0.1, 0.15) is 18.4 Å². The first-order chi connectivity index (χ1) is 10.0. The number of benzene rings is 1. The largest absolute Gasteiger partial charge is 0.349 e. The van der Waals surface area contributed by atoms with Crippen molar-refractivity contribution in [3.63, 3.8) is 0 Å². The number of carbonyl (C=O) groups excluding carboxylic acids is 2. The molecule has 0 radical (unpaired) electrons. The first-order valence-electron chi connectivity index (χ1n) is 7.34. The molecule has 1 heterocycles. The fraction of sp³-hybridized carbons (Fsp3) is 0.500. The molecule has 6 heteroatoms. The SMILES string of the molecule is CN(C)C(=O)Cc1ccc(NC(=O)CC2CCNC2)cc1.Cl. The highest BCUT2D eigenvalue weighted by molar-refractivity contribution is 5.91. The Bertz CT molecular complexity index is 497. The van der Waals surface area contributed by atoms with Gasteiger partial charge in [0.2, 0.25) is 11.8 Å². The van der Waals surface area contributed by atoms with Crippen LogP contribution in [-0.4, -0.2) is 43.9 Å². The maximum atomic E-state index is 11.9. The molecule has 0 saturated carbocycles. The predicted octanol–water partition coefficient (Wildman–Crippen LogP) is 1.68. The van der Waals surface area contributed by atoms with Gasteiger partial charge in [0.05, 0.1) is 6.42 Å². The third kappa shape index (κ3) is 5.66. The van der Waals surface area contributed by atoms with E-state index in [2.05, 4.69) is 10.6 Å². The molecule has 2 rings (SSSR count). The summed E-state index contributed by atoms with van der Waals surface area (Å²) in [6.45, 7) is 1.94. The Morgan fingerprint density at radius 1 is 1.27 bits per heavy atom. The highest BCUT2D eigenvalue weighted by Gasteiger charge is 2.18. The van der Waals surface area contributed by atoms with Crippen molar-refractivity contribution in [2.45, 2.75) is 19.3 Å². The summed E-state index contributed by atoms with van der Waals surface area (Å²) in [5, 5.41) is 6.17. The maximum Gasteiger partial charge on any atom is 0.226 e. The molecule has 0 aliphatic carbocycles. The van der Waals surface area contributed by atoms with Crippen LogP contribution in [0.25, 0.3) is 0 Å². The number of nitrogens with zero attached hydrogens (tertiary/aromatic N) is 1. The van der Waals surface area contributed by atoms with Crippen molar-refractivity contribution in [3.8, 4) is 0 Å². The lowest BCUT2D eigenvalue weighted by Crippen LogP contribution is -2.23. The minimum atomic E-state index is 0. The van der Waals surface area contributed by atoms with Crippen molar-refractivity contribution in [1.29, 1.82) is 0 Å². The molecule has 5 nitrogen and oxygen atoms in total. The van der Waals surface area contributed by atoms with E-state index in [-0.39, 0.29) is 24.2 Å². The fourth-order valence-electron chi connectivity index (χ4n) is 2.40. The van der Waals surface area contributed by atoms with Gasteiger partial charge in [0, 0.05) is 26.2 Å². The molecule has 1 aliphatic rings. The van der Waals surface area contributed by atoms with Crippen LogP contribution in [0.2, 0.25) is 0 Å². The molecule has 1 saturated heterocycles. The Balaban J connectivity index is 0.00000242. The summed E-state index contributed by atoms with van der Waals surface area (Å²) < 4.78 is 0. The van der Waals surface area contributed by atoms with Crippen molar-refractivity contribution in [2.24, 2.45) is 5.92 Å². The Morgan fingerprint density at radius 3 is 2.50 bits per heavy atom. The van der Waals surface area contributed by atoms with Crippen LogP contribution in [-0.2, 0) is 16.0 Å². The highest BCUT2D eigenvalue weighted by Crippen LogP contribution is 2.15. The van der Waals surface area contributed by atoms with Crippen LogP contribution in [0.5, 0.6) is 0 Å². The normalized spacial score (nSPS) is 16.7. The molecule has 0 aromatic heterocycles. The summed E-state index contributed by atoms with van der Waals surface area (Å²) in [6.07, 6.45) is 2.02. The lowest BCUT2D eigenvalue weighted by molar-refractivity contribution is -0.128. The molecule has 22 heavy (non-hydrogen) atoms. The van der Waals surface area contributed by atoms with E-state index < -0.39 is 0 Å². The maximum absolute atomic E-state index is 11.9. The summed E-state index contributed by atoms with van der Waals surface area (Å²) in [4.78, 5) is 25.1. The number of rotatable bonds is 5. The highest BCUT2D eigenvalue weighted by atomic mass is 35.5. The van der Waals surface area contributed by atoms with Crippen molar-refractivity contribution in [2.75, 3.05) is 32.5 Å². The zero-order valence-corrected chi connectivity index (χ0v) is 13.9. The number of hydrogen-bond acceptors (Lipinski definition) is 3. The van der Waals surface area contributed by atoms with Gasteiger partial charge < -0.3 is 15.5 Å². The van der Waals surface area contributed by atoms with Crippen molar-refractivity contribution in [3.05, 3.63) is 29.8 Å². The molecule has 1 aromatic rings. The average Bonchev–Trinajstić information content (AvgIpc) is 2.93. The van der Waals surface area contributed by atoms with E-state index in [4.69, 9.17) is 0 Å². The molecule has 1 aliphatic heterocycles. The number of amides is 2. The fourth-order valence-corrected chi connectivity index (χ4v) is 2.40. The van der Waals surface area contributed by atoms with Crippen LogP contribution in [0.4, 0.5) is 5.69 Å². The second-order valence-electron chi connectivity index (χ2n) is 5.77. The Labute approximate surface area is 137 Å². The van der Waals surface area contributed by atoms with Crippen LogP contribution >= 0.6 is 12.4 Å². The second-order valence-corrected chi connectivity index (χ2v) is 5.77. The minimum Gasteiger partial charge on any atom is -0.349 e. The van der Waals surface area contributed by atoms with E-state index >= 15 is 0 Å². The topological polar surface area (TPSA) is 61.4 Å². The van der Waals surface area contributed by atoms with Gasteiger partial charge in [-0.25, -0.2) is 0 Å². The van der Waals surface area contributed by atoms with Crippen LogP contribution in [0, 0.1) is 5.92 Å². The van der Waals surface area contributed by atoms with Crippen LogP contribution < -0.4 is 10.6 Å². The van der Waals surface area contributed by atoms with Gasteiger partial charge in [-0.3, -0.25) is 9.59 Å². The molecule has 122 valence electrons. The van der Waals surface area contributed by atoms with Gasteiger partial charge in [-0.15, -0.1) is 12.4 Å². The number of halogens is 1. The van der Waals surface area contributed by atoms with Crippen LogP contribution in [0.3, 0.4) is 0 Å². The van der Waals surface area contributed by atoms with Crippen molar-refractivity contribution < 1.29 is 9.59 Å². The van der Waals surface area contributed by atoms with Gasteiger partial charge in [0.15, 0.2) is 0 Å². The molecule has 1 aromatic carbocycles. The number of hydrogen-bond donors (Lipinski definition) is 2. The van der Waals surface area contributed by atoms with Gasteiger partial charge in [0.25, 0.3) is 0 Å². The van der Waals surface area contributed by atoms with E-state index in [9.17, 15) is 9.59 Å². The summed E-state index contributed by atoms with van der Waals surface area (Å²) in [5.74, 6) is 0.573. The molecule has 1 fully saturated rings. The zero-order chi connectivity index (χ0) is 15.2. The number of nitrogens with one attached hydrogen (secondary N) is 2. The molecule has 0 spiro atoms. The lowest BCUT2D eigenvalue weighted by atomic mass is 10.0. The number of carbonyl (C=O) groups is 2.